The molecule has 0 aliphatic heterocycles. The Kier molecular flexibility index (Phi) is 6.70. The quantitative estimate of drug-likeness (QED) is 0.545. The number of carbonyl (C=O) groups is 2. The molecule has 0 bridgehead atoms. The van der Waals surface area contributed by atoms with Gasteiger partial charge in [-0.05, 0) is 25.3 Å². The number of hydrogen-bond acceptors (Lipinski definition) is 3. The molecule has 5 N–H and O–H groups in total. The zero-order chi connectivity index (χ0) is 11.8. The number of carbonyl (C=O) groups excluding carboxylic acids is 2. The summed E-state index contributed by atoms with van der Waals surface area (Å²) in [5.74, 6) is -0.198. The summed E-state index contributed by atoms with van der Waals surface area (Å²) in [6.45, 7) is 4.41. The van der Waals surface area contributed by atoms with Crippen molar-refractivity contribution < 1.29 is 9.59 Å². The minimum absolute atomic E-state index is 0.138. The summed E-state index contributed by atoms with van der Waals surface area (Å²) in [4.78, 5) is 22.3. The Morgan fingerprint density at radius 3 is 2.27 bits per heavy atom. The number of nitrogens with two attached hydrogens (primary N) is 2. The van der Waals surface area contributed by atoms with Crippen molar-refractivity contribution in [3.63, 3.8) is 0 Å². The Balaban J connectivity index is 3.94. The zero-order valence-corrected chi connectivity index (χ0v) is 9.45. The van der Waals surface area contributed by atoms with E-state index < -0.39 is 11.9 Å². The van der Waals surface area contributed by atoms with Gasteiger partial charge in [0.2, 0.25) is 11.8 Å². The van der Waals surface area contributed by atoms with Crippen LogP contribution in [0.3, 0.4) is 0 Å². The third-order valence-corrected chi connectivity index (χ3v) is 2.08. The molecule has 0 radical (unpaired) electrons. The van der Waals surface area contributed by atoms with E-state index in [1.165, 1.54) is 0 Å². The Bertz CT molecular complexity index is 217. The number of nitrogens with one attached hydrogen (secondary N) is 1. The van der Waals surface area contributed by atoms with Gasteiger partial charge < -0.3 is 16.8 Å². The number of rotatable bonds is 7. The van der Waals surface area contributed by atoms with Gasteiger partial charge in [0.15, 0.2) is 0 Å². The van der Waals surface area contributed by atoms with E-state index >= 15 is 0 Å². The first-order valence-corrected chi connectivity index (χ1v) is 5.26. The minimum Gasteiger partial charge on any atom is -0.368 e. The van der Waals surface area contributed by atoms with Crippen LogP contribution in [0.1, 0.15) is 33.1 Å². The van der Waals surface area contributed by atoms with Gasteiger partial charge in [0.25, 0.3) is 0 Å². The summed E-state index contributed by atoms with van der Waals surface area (Å²) in [5, 5.41) is 2.58. The molecule has 0 heterocycles. The molecule has 88 valence electrons. The van der Waals surface area contributed by atoms with Crippen LogP contribution in [-0.2, 0) is 9.59 Å². The SMILES string of the molecule is CC(C)CCC(=O)N[C@@H](CCN)C(N)=O. The Morgan fingerprint density at radius 1 is 1.27 bits per heavy atom. The highest BCUT2D eigenvalue weighted by atomic mass is 16.2. The van der Waals surface area contributed by atoms with E-state index in [4.69, 9.17) is 11.5 Å². The maximum absolute atomic E-state index is 11.4. The van der Waals surface area contributed by atoms with Crippen LogP contribution in [0.2, 0.25) is 0 Å². The summed E-state index contributed by atoms with van der Waals surface area (Å²) < 4.78 is 0. The molecule has 0 aromatic heterocycles. The summed E-state index contributed by atoms with van der Waals surface area (Å²) in [5.41, 5.74) is 10.4. The first-order chi connectivity index (χ1) is 6.97. The average Bonchev–Trinajstić information content (AvgIpc) is 2.14. The molecule has 5 nitrogen and oxygen atoms in total. The second kappa shape index (κ2) is 7.23. The van der Waals surface area contributed by atoms with Crippen LogP contribution in [0, 0.1) is 5.92 Å². The molecule has 0 saturated carbocycles. The molecule has 15 heavy (non-hydrogen) atoms. The largest absolute Gasteiger partial charge is 0.368 e. The standard InChI is InChI=1S/C10H21N3O2/c1-7(2)3-4-9(14)13-8(5-6-11)10(12)15/h7-8H,3-6,11H2,1-2H3,(H2,12,15)(H,13,14)/t8-/m0/s1. The molecule has 0 unspecified atom stereocenters. The van der Waals surface area contributed by atoms with Crippen molar-refractivity contribution >= 4 is 11.8 Å². The lowest BCUT2D eigenvalue weighted by Crippen LogP contribution is -2.45. The first kappa shape index (κ1) is 13.9. The molecule has 1 atom stereocenters. The normalized spacial score (nSPS) is 12.5. The topological polar surface area (TPSA) is 98.2 Å². The maximum atomic E-state index is 11.4. The van der Waals surface area contributed by atoms with Crippen LogP contribution >= 0.6 is 0 Å². The number of hydrogen-bond donors (Lipinski definition) is 3. The molecule has 2 amide bonds. The molecule has 0 saturated heterocycles. The predicted molar refractivity (Wildman–Crippen MR) is 58.9 cm³/mol. The van der Waals surface area contributed by atoms with Gasteiger partial charge >= 0.3 is 0 Å². The second-order valence-electron chi connectivity index (χ2n) is 4.03. The van der Waals surface area contributed by atoms with E-state index in [0.717, 1.165) is 6.42 Å². The highest BCUT2D eigenvalue weighted by Gasteiger charge is 2.16. The van der Waals surface area contributed by atoms with Crippen LogP contribution < -0.4 is 16.8 Å². The summed E-state index contributed by atoms with van der Waals surface area (Å²) in [6, 6.07) is -0.630. The minimum atomic E-state index is -0.630. The highest BCUT2D eigenvalue weighted by Crippen LogP contribution is 2.03. The smallest absolute Gasteiger partial charge is 0.240 e. The van der Waals surface area contributed by atoms with E-state index in [2.05, 4.69) is 5.32 Å². The van der Waals surface area contributed by atoms with Crippen molar-refractivity contribution in [2.45, 2.75) is 39.2 Å². The van der Waals surface area contributed by atoms with Crippen molar-refractivity contribution in [2.24, 2.45) is 17.4 Å². The van der Waals surface area contributed by atoms with Crippen LogP contribution in [-0.4, -0.2) is 24.4 Å². The molecule has 5 heteroatoms. The van der Waals surface area contributed by atoms with E-state index in [1.54, 1.807) is 0 Å². The lowest BCUT2D eigenvalue weighted by Gasteiger charge is -2.14. The van der Waals surface area contributed by atoms with Gasteiger partial charge in [-0.1, -0.05) is 13.8 Å². The molecule has 0 aliphatic rings. The van der Waals surface area contributed by atoms with Gasteiger partial charge in [0.1, 0.15) is 6.04 Å². The monoisotopic (exact) mass is 215 g/mol. The fourth-order valence-electron chi connectivity index (χ4n) is 1.14. The molecule has 0 rings (SSSR count). The molecule has 0 fully saturated rings. The Labute approximate surface area is 90.6 Å². The van der Waals surface area contributed by atoms with Gasteiger partial charge in [-0.15, -0.1) is 0 Å². The van der Waals surface area contributed by atoms with E-state index in [-0.39, 0.29) is 5.91 Å². The zero-order valence-electron chi connectivity index (χ0n) is 9.45. The fourth-order valence-corrected chi connectivity index (χ4v) is 1.14. The van der Waals surface area contributed by atoms with Crippen molar-refractivity contribution in [3.8, 4) is 0 Å². The first-order valence-electron chi connectivity index (χ1n) is 5.26. The molecular formula is C10H21N3O2. The Hall–Kier alpha value is -1.10. The lowest BCUT2D eigenvalue weighted by molar-refractivity contribution is -0.127. The third kappa shape index (κ3) is 6.90. The summed E-state index contributed by atoms with van der Waals surface area (Å²) >= 11 is 0. The van der Waals surface area contributed by atoms with E-state index in [0.29, 0.717) is 25.3 Å². The predicted octanol–water partition coefficient (Wildman–Crippen LogP) is -0.258. The molecule has 0 spiro atoms. The number of primary amides is 1. The maximum Gasteiger partial charge on any atom is 0.240 e. The highest BCUT2D eigenvalue weighted by molar-refractivity contribution is 5.86. The molecular weight excluding hydrogens is 194 g/mol. The van der Waals surface area contributed by atoms with Gasteiger partial charge in [0, 0.05) is 6.42 Å². The van der Waals surface area contributed by atoms with Crippen LogP contribution in [0.4, 0.5) is 0 Å². The number of amides is 2. The van der Waals surface area contributed by atoms with Crippen LogP contribution in [0.25, 0.3) is 0 Å². The fraction of sp³-hybridized carbons (Fsp3) is 0.800. The lowest BCUT2D eigenvalue weighted by atomic mass is 10.1. The third-order valence-electron chi connectivity index (χ3n) is 2.08. The van der Waals surface area contributed by atoms with E-state index in [1.807, 2.05) is 13.8 Å². The second-order valence-corrected chi connectivity index (χ2v) is 4.03. The summed E-state index contributed by atoms with van der Waals surface area (Å²) in [6.07, 6.45) is 1.62. The van der Waals surface area contributed by atoms with Crippen molar-refractivity contribution in [3.05, 3.63) is 0 Å². The molecule has 0 aromatic rings. The van der Waals surface area contributed by atoms with Gasteiger partial charge in [0.05, 0.1) is 0 Å². The van der Waals surface area contributed by atoms with Crippen LogP contribution in [0.15, 0.2) is 0 Å². The Morgan fingerprint density at radius 2 is 1.87 bits per heavy atom. The van der Waals surface area contributed by atoms with E-state index in [9.17, 15) is 9.59 Å². The molecule has 0 aromatic carbocycles. The van der Waals surface area contributed by atoms with Gasteiger partial charge in [-0.2, -0.15) is 0 Å². The molecule has 0 aliphatic carbocycles. The van der Waals surface area contributed by atoms with Gasteiger partial charge in [-0.3, -0.25) is 9.59 Å². The summed E-state index contributed by atoms with van der Waals surface area (Å²) in [7, 11) is 0. The van der Waals surface area contributed by atoms with Crippen LogP contribution in [0.5, 0.6) is 0 Å². The van der Waals surface area contributed by atoms with Crippen molar-refractivity contribution in [1.82, 2.24) is 5.32 Å². The van der Waals surface area contributed by atoms with Gasteiger partial charge in [-0.25, -0.2) is 0 Å². The van der Waals surface area contributed by atoms with Crippen molar-refractivity contribution in [1.29, 1.82) is 0 Å². The van der Waals surface area contributed by atoms with Crippen molar-refractivity contribution in [2.75, 3.05) is 6.54 Å². The average molecular weight is 215 g/mol.